The largest absolute Gasteiger partial charge is 0.465 e. The summed E-state index contributed by atoms with van der Waals surface area (Å²) < 4.78 is 5.24. The van der Waals surface area contributed by atoms with Crippen molar-refractivity contribution >= 4 is 12.1 Å². The molecule has 1 atom stereocenters. The fourth-order valence-electron chi connectivity index (χ4n) is 1.35. The number of aromatic nitrogens is 2. The Bertz CT molecular complexity index is 352. The Balaban J connectivity index is 2.66. The Morgan fingerprint density at radius 1 is 1.62 bits per heavy atom. The minimum atomic E-state index is -0.958. The monoisotopic (exact) mass is 228 g/mol. The lowest BCUT2D eigenvalue weighted by atomic mass is 10.1. The third-order valence-corrected chi connectivity index (χ3v) is 2.41. The Morgan fingerprint density at radius 3 is 2.75 bits per heavy atom. The smallest absolute Gasteiger partial charge is 0.407 e. The van der Waals surface area contributed by atoms with E-state index >= 15 is 0 Å². The lowest BCUT2D eigenvalue weighted by molar-refractivity contribution is 0.135. The number of likely N-dealkylation sites (N-methyl/N-ethyl adjacent to an activating group) is 1. The number of nitrogens with one attached hydrogen (secondary N) is 1. The van der Waals surface area contributed by atoms with Crippen LogP contribution in [0.25, 0.3) is 0 Å². The van der Waals surface area contributed by atoms with E-state index in [1.54, 1.807) is 7.05 Å². The average Bonchev–Trinajstić information content (AvgIpc) is 2.72. The van der Waals surface area contributed by atoms with Crippen molar-refractivity contribution in [3.05, 3.63) is 5.89 Å². The van der Waals surface area contributed by atoms with Crippen molar-refractivity contribution in [3.8, 4) is 0 Å². The van der Waals surface area contributed by atoms with Gasteiger partial charge in [0.1, 0.15) is 0 Å². The van der Waals surface area contributed by atoms with Gasteiger partial charge in [-0.15, -0.1) is 5.10 Å². The number of nitrogens with zero attached hydrogens (tertiary/aromatic N) is 3. The van der Waals surface area contributed by atoms with E-state index in [4.69, 9.17) is 9.52 Å². The second-order valence-electron chi connectivity index (χ2n) is 3.41. The van der Waals surface area contributed by atoms with Crippen LogP contribution in [0.2, 0.25) is 0 Å². The van der Waals surface area contributed by atoms with Crippen molar-refractivity contribution in [1.82, 2.24) is 15.1 Å². The van der Waals surface area contributed by atoms with Gasteiger partial charge in [-0.1, -0.05) is 12.0 Å². The van der Waals surface area contributed by atoms with Crippen LogP contribution in [-0.2, 0) is 6.42 Å². The van der Waals surface area contributed by atoms with Gasteiger partial charge in [0.25, 0.3) is 0 Å². The first-order chi connectivity index (χ1) is 7.58. The Hall–Kier alpha value is -1.79. The summed E-state index contributed by atoms with van der Waals surface area (Å²) in [5.74, 6) is 0.435. The van der Waals surface area contributed by atoms with Crippen LogP contribution in [0.4, 0.5) is 10.8 Å². The number of anilines is 1. The van der Waals surface area contributed by atoms with Crippen molar-refractivity contribution in [2.24, 2.45) is 0 Å². The summed E-state index contributed by atoms with van der Waals surface area (Å²) in [4.78, 5) is 12.1. The first-order valence-corrected chi connectivity index (χ1v) is 5.04. The molecule has 1 unspecified atom stereocenters. The minimum absolute atomic E-state index is 0.150. The maximum Gasteiger partial charge on any atom is 0.407 e. The number of hydrogen-bond acceptors (Lipinski definition) is 5. The standard InChI is InChI=1S/C9H16N4O3/c1-4-6(13(3)9(14)15)5-7-11-12-8(10-2)16-7/h6H,4-5H2,1-3H3,(H,10,12)(H,14,15). The lowest BCUT2D eigenvalue weighted by Gasteiger charge is -2.22. The maximum atomic E-state index is 10.8. The van der Waals surface area contributed by atoms with Gasteiger partial charge in [-0.2, -0.15) is 0 Å². The van der Waals surface area contributed by atoms with E-state index in [-0.39, 0.29) is 6.04 Å². The van der Waals surface area contributed by atoms with Crippen LogP contribution in [0, 0.1) is 0 Å². The molecule has 0 aromatic carbocycles. The number of rotatable bonds is 5. The van der Waals surface area contributed by atoms with Crippen LogP contribution in [-0.4, -0.2) is 46.4 Å². The quantitative estimate of drug-likeness (QED) is 0.782. The third-order valence-electron chi connectivity index (χ3n) is 2.41. The molecule has 7 heteroatoms. The molecule has 0 aliphatic carbocycles. The number of amides is 1. The molecule has 1 amide bonds. The molecule has 0 radical (unpaired) electrons. The van der Waals surface area contributed by atoms with Gasteiger partial charge in [0.15, 0.2) is 0 Å². The molecule has 0 fully saturated rings. The van der Waals surface area contributed by atoms with Gasteiger partial charge in [0.05, 0.1) is 0 Å². The van der Waals surface area contributed by atoms with Gasteiger partial charge in [-0.05, 0) is 6.42 Å². The Labute approximate surface area is 93.5 Å². The molecular weight excluding hydrogens is 212 g/mol. The molecule has 2 N–H and O–H groups in total. The first-order valence-electron chi connectivity index (χ1n) is 5.04. The van der Waals surface area contributed by atoms with Gasteiger partial charge in [-0.25, -0.2) is 4.79 Å². The Morgan fingerprint density at radius 2 is 2.31 bits per heavy atom. The van der Waals surface area contributed by atoms with Gasteiger partial charge in [0, 0.05) is 26.6 Å². The van der Waals surface area contributed by atoms with Crippen LogP contribution >= 0.6 is 0 Å². The topological polar surface area (TPSA) is 91.5 Å². The summed E-state index contributed by atoms with van der Waals surface area (Å²) in [6, 6.07) is 0.186. The molecular formula is C9H16N4O3. The first kappa shape index (κ1) is 12.3. The van der Waals surface area contributed by atoms with Crippen molar-refractivity contribution < 1.29 is 14.3 Å². The van der Waals surface area contributed by atoms with E-state index in [0.717, 1.165) is 0 Å². The second-order valence-corrected chi connectivity index (χ2v) is 3.41. The maximum absolute atomic E-state index is 10.8. The molecule has 0 bridgehead atoms. The normalized spacial score (nSPS) is 12.2. The fourth-order valence-corrected chi connectivity index (χ4v) is 1.35. The van der Waals surface area contributed by atoms with Gasteiger partial charge >= 0.3 is 12.1 Å². The molecule has 1 aromatic heterocycles. The molecule has 16 heavy (non-hydrogen) atoms. The molecule has 0 aliphatic heterocycles. The molecule has 1 aromatic rings. The highest BCUT2D eigenvalue weighted by Crippen LogP contribution is 2.12. The van der Waals surface area contributed by atoms with Crippen molar-refractivity contribution in [2.45, 2.75) is 25.8 Å². The zero-order valence-corrected chi connectivity index (χ0v) is 9.60. The molecule has 1 heterocycles. The number of hydrogen-bond donors (Lipinski definition) is 2. The van der Waals surface area contributed by atoms with E-state index in [0.29, 0.717) is 24.7 Å². The summed E-state index contributed by atoms with van der Waals surface area (Å²) in [6.07, 6.45) is 0.161. The van der Waals surface area contributed by atoms with Gasteiger partial charge in [-0.3, -0.25) is 0 Å². The number of carboxylic acid groups (broad SMARTS) is 1. The zero-order chi connectivity index (χ0) is 12.1. The van der Waals surface area contributed by atoms with Gasteiger partial charge < -0.3 is 19.7 Å². The predicted octanol–water partition coefficient (Wildman–Crippen LogP) is 1.04. The van der Waals surface area contributed by atoms with Gasteiger partial charge in [0.2, 0.25) is 5.89 Å². The second kappa shape index (κ2) is 5.34. The molecule has 90 valence electrons. The van der Waals surface area contributed by atoms with Crippen LogP contribution in [0.15, 0.2) is 4.42 Å². The predicted molar refractivity (Wildman–Crippen MR) is 57.4 cm³/mol. The van der Waals surface area contributed by atoms with Crippen LogP contribution in [0.5, 0.6) is 0 Å². The van der Waals surface area contributed by atoms with E-state index in [2.05, 4.69) is 15.5 Å². The summed E-state index contributed by atoms with van der Waals surface area (Å²) in [6.45, 7) is 1.92. The van der Waals surface area contributed by atoms with Crippen molar-refractivity contribution in [3.63, 3.8) is 0 Å². The molecule has 0 saturated carbocycles. The molecule has 7 nitrogen and oxygen atoms in total. The lowest BCUT2D eigenvalue weighted by Crippen LogP contribution is -2.37. The number of carbonyl (C=O) groups is 1. The summed E-state index contributed by atoms with van der Waals surface area (Å²) in [7, 11) is 3.21. The van der Waals surface area contributed by atoms with E-state index in [9.17, 15) is 4.79 Å². The highest BCUT2D eigenvalue weighted by atomic mass is 16.4. The van der Waals surface area contributed by atoms with Crippen LogP contribution < -0.4 is 5.32 Å². The Kier molecular flexibility index (Phi) is 4.10. The van der Waals surface area contributed by atoms with E-state index < -0.39 is 6.09 Å². The minimum Gasteiger partial charge on any atom is -0.465 e. The average molecular weight is 228 g/mol. The fraction of sp³-hybridized carbons (Fsp3) is 0.667. The van der Waals surface area contributed by atoms with E-state index in [1.807, 2.05) is 6.92 Å². The highest BCUT2D eigenvalue weighted by Gasteiger charge is 2.20. The summed E-state index contributed by atoms with van der Waals surface area (Å²) in [5.41, 5.74) is 0. The molecule has 0 aliphatic rings. The van der Waals surface area contributed by atoms with E-state index in [1.165, 1.54) is 11.9 Å². The summed E-state index contributed by atoms with van der Waals surface area (Å²) >= 11 is 0. The van der Waals surface area contributed by atoms with Crippen LogP contribution in [0.3, 0.4) is 0 Å². The summed E-state index contributed by atoms with van der Waals surface area (Å²) in [5, 5.41) is 19.1. The van der Waals surface area contributed by atoms with Crippen LogP contribution in [0.1, 0.15) is 19.2 Å². The SMILES string of the molecule is CCC(Cc1nnc(NC)o1)N(C)C(=O)O. The van der Waals surface area contributed by atoms with Crippen molar-refractivity contribution in [1.29, 1.82) is 0 Å². The highest BCUT2D eigenvalue weighted by molar-refractivity contribution is 5.64. The van der Waals surface area contributed by atoms with Crippen molar-refractivity contribution in [2.75, 3.05) is 19.4 Å². The molecule has 0 saturated heterocycles. The molecule has 0 spiro atoms. The third kappa shape index (κ3) is 2.85. The zero-order valence-electron chi connectivity index (χ0n) is 9.60. The molecule has 1 rings (SSSR count).